The highest BCUT2D eigenvalue weighted by molar-refractivity contribution is 6.32. The first-order valence-corrected chi connectivity index (χ1v) is 8.49. The van der Waals surface area contributed by atoms with Gasteiger partial charge in [-0.05, 0) is 44.0 Å². The van der Waals surface area contributed by atoms with Gasteiger partial charge in [-0.1, -0.05) is 42.4 Å². The van der Waals surface area contributed by atoms with Gasteiger partial charge in [0.05, 0.1) is 11.6 Å². The number of rotatable bonds is 7. The number of phenolic OH excluding ortho intramolecular Hbond substituents is 1. The molecule has 0 saturated heterocycles. The number of hydrogen-bond acceptors (Lipinski definition) is 3. The number of nitrogens with one attached hydrogen (secondary N) is 1. The van der Waals surface area contributed by atoms with E-state index in [1.54, 1.807) is 0 Å². The Hall–Kier alpha value is -2.46. The lowest BCUT2D eigenvalue weighted by Crippen LogP contribution is -2.34. The zero-order chi connectivity index (χ0) is 18.4. The highest BCUT2D eigenvalue weighted by Gasteiger charge is 2.12. The van der Waals surface area contributed by atoms with Crippen LogP contribution in [0.5, 0.6) is 5.75 Å². The van der Waals surface area contributed by atoms with Crippen LogP contribution >= 0.6 is 11.6 Å². The van der Waals surface area contributed by atoms with Crippen molar-refractivity contribution >= 4 is 23.3 Å². The SMILES string of the molecule is C=C(OCC)c1ccc(C[C@@H](C)NC(=O)c2ccc(O)c(Cl)c2)cc1. The van der Waals surface area contributed by atoms with Crippen molar-refractivity contribution in [1.82, 2.24) is 5.32 Å². The monoisotopic (exact) mass is 359 g/mol. The number of hydrogen-bond donors (Lipinski definition) is 2. The third-order valence-corrected chi connectivity index (χ3v) is 4.03. The van der Waals surface area contributed by atoms with Crippen LogP contribution < -0.4 is 5.32 Å². The summed E-state index contributed by atoms with van der Waals surface area (Å²) in [7, 11) is 0. The minimum absolute atomic E-state index is 0.0417. The molecule has 5 heteroatoms. The average Bonchev–Trinajstić information content (AvgIpc) is 2.58. The largest absolute Gasteiger partial charge is 0.506 e. The first-order chi connectivity index (χ1) is 11.9. The predicted molar refractivity (Wildman–Crippen MR) is 101 cm³/mol. The van der Waals surface area contributed by atoms with E-state index in [0.29, 0.717) is 24.4 Å². The summed E-state index contributed by atoms with van der Waals surface area (Å²) in [5.41, 5.74) is 2.46. The van der Waals surface area contributed by atoms with Crippen LogP contribution in [-0.2, 0) is 11.2 Å². The Morgan fingerprint density at radius 2 is 1.88 bits per heavy atom. The van der Waals surface area contributed by atoms with Crippen LogP contribution in [0.1, 0.15) is 35.3 Å². The van der Waals surface area contributed by atoms with E-state index in [2.05, 4.69) is 11.9 Å². The molecule has 2 aromatic rings. The van der Waals surface area contributed by atoms with Crippen molar-refractivity contribution in [3.63, 3.8) is 0 Å². The first kappa shape index (κ1) is 18.9. The smallest absolute Gasteiger partial charge is 0.251 e. The molecule has 132 valence electrons. The van der Waals surface area contributed by atoms with Crippen LogP contribution in [0, 0.1) is 0 Å². The maximum Gasteiger partial charge on any atom is 0.251 e. The summed E-state index contributed by atoms with van der Waals surface area (Å²) in [6.07, 6.45) is 0.693. The number of ether oxygens (including phenoxy) is 1. The Bertz CT molecular complexity index is 756. The number of aromatic hydroxyl groups is 1. The third-order valence-electron chi connectivity index (χ3n) is 3.72. The van der Waals surface area contributed by atoms with Crippen molar-refractivity contribution in [2.75, 3.05) is 6.61 Å². The summed E-state index contributed by atoms with van der Waals surface area (Å²) in [6, 6.07) is 12.3. The first-order valence-electron chi connectivity index (χ1n) is 8.11. The number of phenols is 1. The number of carbonyl (C=O) groups excluding carboxylic acids is 1. The zero-order valence-corrected chi connectivity index (χ0v) is 15.1. The molecule has 0 aliphatic carbocycles. The van der Waals surface area contributed by atoms with Gasteiger partial charge in [0.25, 0.3) is 5.91 Å². The Morgan fingerprint density at radius 1 is 1.24 bits per heavy atom. The fraction of sp³-hybridized carbons (Fsp3) is 0.250. The van der Waals surface area contributed by atoms with Crippen LogP contribution in [0.4, 0.5) is 0 Å². The highest BCUT2D eigenvalue weighted by atomic mass is 35.5. The second-order valence-electron chi connectivity index (χ2n) is 5.80. The molecule has 1 amide bonds. The average molecular weight is 360 g/mol. The van der Waals surface area contributed by atoms with Gasteiger partial charge in [0.15, 0.2) is 0 Å². The Balaban J connectivity index is 1.95. The molecule has 2 rings (SSSR count). The molecule has 0 fully saturated rings. The molecule has 0 saturated carbocycles. The number of carbonyl (C=O) groups is 1. The maximum absolute atomic E-state index is 12.2. The Labute approximate surface area is 153 Å². The molecular formula is C20H22ClNO3. The van der Waals surface area contributed by atoms with Crippen molar-refractivity contribution in [3.8, 4) is 5.75 Å². The van der Waals surface area contributed by atoms with E-state index in [0.717, 1.165) is 11.1 Å². The molecule has 0 aromatic heterocycles. The summed E-state index contributed by atoms with van der Waals surface area (Å²) in [5.74, 6) is 0.385. The molecule has 0 heterocycles. The van der Waals surface area contributed by atoms with Gasteiger partial charge in [0.1, 0.15) is 11.5 Å². The van der Waals surface area contributed by atoms with Gasteiger partial charge in [-0.2, -0.15) is 0 Å². The van der Waals surface area contributed by atoms with Crippen LogP contribution in [0.3, 0.4) is 0 Å². The summed E-state index contributed by atoms with van der Waals surface area (Å²) >= 11 is 5.84. The Kier molecular flexibility index (Phi) is 6.48. The van der Waals surface area contributed by atoms with Crippen LogP contribution in [0.2, 0.25) is 5.02 Å². The van der Waals surface area contributed by atoms with Gasteiger partial charge in [0.2, 0.25) is 0 Å². The molecular weight excluding hydrogens is 338 g/mol. The van der Waals surface area contributed by atoms with Crippen molar-refractivity contribution in [3.05, 3.63) is 70.8 Å². The van der Waals surface area contributed by atoms with E-state index in [4.69, 9.17) is 16.3 Å². The molecule has 1 atom stereocenters. The zero-order valence-electron chi connectivity index (χ0n) is 14.4. The molecule has 4 nitrogen and oxygen atoms in total. The molecule has 2 aromatic carbocycles. The number of benzene rings is 2. The molecule has 0 spiro atoms. The number of amides is 1. The highest BCUT2D eigenvalue weighted by Crippen LogP contribution is 2.23. The van der Waals surface area contributed by atoms with Crippen LogP contribution in [0.15, 0.2) is 49.0 Å². The molecule has 0 aliphatic heterocycles. The Morgan fingerprint density at radius 3 is 2.48 bits per heavy atom. The van der Waals surface area contributed by atoms with E-state index < -0.39 is 0 Å². The second kappa shape index (κ2) is 8.58. The topological polar surface area (TPSA) is 58.6 Å². The van der Waals surface area contributed by atoms with Gasteiger partial charge in [-0.25, -0.2) is 0 Å². The van der Waals surface area contributed by atoms with Gasteiger partial charge < -0.3 is 15.2 Å². The molecule has 25 heavy (non-hydrogen) atoms. The standard InChI is InChI=1S/C20H22ClNO3/c1-4-25-14(3)16-7-5-15(6-8-16)11-13(2)22-20(24)17-9-10-19(23)18(21)12-17/h5-10,12-13,23H,3-4,11H2,1-2H3,(H,22,24)/t13-/m1/s1. The van der Waals surface area contributed by atoms with Crippen LogP contribution in [-0.4, -0.2) is 23.7 Å². The quantitative estimate of drug-likeness (QED) is 0.720. The number of halogens is 1. The lowest BCUT2D eigenvalue weighted by Gasteiger charge is -2.15. The predicted octanol–water partition coefficient (Wildman–Crippen LogP) is 4.41. The molecule has 0 aliphatic rings. The lowest BCUT2D eigenvalue weighted by atomic mass is 10.0. The minimum atomic E-state index is -0.226. The van der Waals surface area contributed by atoms with Crippen molar-refractivity contribution in [1.29, 1.82) is 0 Å². The van der Waals surface area contributed by atoms with Gasteiger partial charge in [-0.3, -0.25) is 4.79 Å². The second-order valence-corrected chi connectivity index (χ2v) is 6.21. The van der Waals surface area contributed by atoms with E-state index in [1.807, 2.05) is 38.1 Å². The van der Waals surface area contributed by atoms with Gasteiger partial charge in [0, 0.05) is 17.2 Å². The van der Waals surface area contributed by atoms with Crippen molar-refractivity contribution < 1.29 is 14.6 Å². The summed E-state index contributed by atoms with van der Waals surface area (Å²) in [5, 5.41) is 12.5. The van der Waals surface area contributed by atoms with Crippen LogP contribution in [0.25, 0.3) is 5.76 Å². The molecule has 0 radical (unpaired) electrons. The lowest BCUT2D eigenvalue weighted by molar-refractivity contribution is 0.0940. The molecule has 0 bridgehead atoms. The normalized spacial score (nSPS) is 11.6. The van der Waals surface area contributed by atoms with Gasteiger partial charge in [-0.15, -0.1) is 0 Å². The molecule has 2 N–H and O–H groups in total. The fourth-order valence-corrected chi connectivity index (χ4v) is 2.62. The van der Waals surface area contributed by atoms with E-state index in [1.165, 1.54) is 18.2 Å². The van der Waals surface area contributed by atoms with Crippen molar-refractivity contribution in [2.24, 2.45) is 0 Å². The van der Waals surface area contributed by atoms with Gasteiger partial charge >= 0.3 is 0 Å². The fourth-order valence-electron chi connectivity index (χ4n) is 2.44. The minimum Gasteiger partial charge on any atom is -0.506 e. The van der Waals surface area contributed by atoms with E-state index >= 15 is 0 Å². The van der Waals surface area contributed by atoms with E-state index in [-0.39, 0.29) is 22.7 Å². The van der Waals surface area contributed by atoms with Crippen molar-refractivity contribution in [2.45, 2.75) is 26.3 Å². The summed E-state index contributed by atoms with van der Waals surface area (Å²) in [6.45, 7) is 8.33. The van der Waals surface area contributed by atoms with E-state index in [9.17, 15) is 9.90 Å². The summed E-state index contributed by atoms with van der Waals surface area (Å²) < 4.78 is 5.39. The maximum atomic E-state index is 12.2. The third kappa shape index (κ3) is 5.26. The summed E-state index contributed by atoms with van der Waals surface area (Å²) in [4.78, 5) is 12.2. The molecule has 0 unspecified atom stereocenters.